The third-order valence-corrected chi connectivity index (χ3v) is 6.17. The predicted octanol–water partition coefficient (Wildman–Crippen LogP) is 4.46. The first-order chi connectivity index (χ1) is 18.4. The largest absolute Gasteiger partial charge is 0.467 e. The number of aromatic nitrogens is 4. The average Bonchev–Trinajstić information content (AvgIpc) is 3.62. The lowest BCUT2D eigenvalue weighted by Gasteiger charge is -2.35. The molecule has 0 atom stereocenters. The summed E-state index contributed by atoms with van der Waals surface area (Å²) >= 11 is 0. The van der Waals surface area contributed by atoms with Crippen LogP contribution < -0.4 is 10.6 Å². The number of H-pyrrole nitrogens is 1. The summed E-state index contributed by atoms with van der Waals surface area (Å²) in [5.41, 5.74) is 1.60. The van der Waals surface area contributed by atoms with E-state index in [9.17, 15) is 9.18 Å². The van der Waals surface area contributed by atoms with Crippen LogP contribution >= 0.6 is 0 Å². The van der Waals surface area contributed by atoms with Crippen LogP contribution in [0.5, 0.6) is 0 Å². The molecule has 3 N–H and O–H groups in total. The van der Waals surface area contributed by atoms with Gasteiger partial charge in [0.15, 0.2) is 5.82 Å². The van der Waals surface area contributed by atoms with Crippen molar-refractivity contribution in [3.63, 3.8) is 0 Å². The van der Waals surface area contributed by atoms with E-state index in [1.807, 2.05) is 26.0 Å². The van der Waals surface area contributed by atoms with Crippen molar-refractivity contribution in [3.05, 3.63) is 72.3 Å². The Kier molecular flexibility index (Phi) is 7.47. The van der Waals surface area contributed by atoms with Crippen molar-refractivity contribution in [3.8, 4) is 22.6 Å². The molecule has 0 saturated carbocycles. The van der Waals surface area contributed by atoms with Crippen LogP contribution in [0.4, 0.5) is 10.3 Å². The molecule has 4 aromatic rings. The Morgan fingerprint density at radius 1 is 1.16 bits per heavy atom. The molecule has 0 aliphatic carbocycles. The minimum absolute atomic E-state index is 0.111. The summed E-state index contributed by atoms with van der Waals surface area (Å²) in [5, 5.41) is 6.04. The number of aromatic amines is 1. The molecule has 4 heterocycles. The molecule has 0 bridgehead atoms. The monoisotopic (exact) mass is 520 g/mol. The molecule has 198 valence electrons. The summed E-state index contributed by atoms with van der Waals surface area (Å²) < 4.78 is 30.9. The average molecular weight is 521 g/mol. The van der Waals surface area contributed by atoms with Crippen molar-refractivity contribution in [1.82, 2.24) is 25.3 Å². The number of nitrogens with zero attached hydrogens (tertiary/aromatic N) is 3. The summed E-state index contributed by atoms with van der Waals surface area (Å²) in [5.74, 6) is 1.10. The molecule has 1 amide bonds. The van der Waals surface area contributed by atoms with E-state index in [4.69, 9.17) is 18.9 Å². The van der Waals surface area contributed by atoms with Crippen LogP contribution in [0.3, 0.4) is 0 Å². The number of carbonyl (C=O) groups is 1. The van der Waals surface area contributed by atoms with E-state index >= 15 is 0 Å². The van der Waals surface area contributed by atoms with Gasteiger partial charge < -0.3 is 29.5 Å². The number of carbonyl (C=O) groups excluding carboxylic acids is 1. The highest BCUT2D eigenvalue weighted by molar-refractivity contribution is 5.82. The van der Waals surface area contributed by atoms with Crippen molar-refractivity contribution >= 4 is 11.9 Å². The molecule has 5 rings (SSSR count). The Bertz CT molecular complexity index is 1360. The van der Waals surface area contributed by atoms with Crippen molar-refractivity contribution in [2.75, 3.05) is 25.1 Å². The maximum atomic E-state index is 13.7. The zero-order valence-corrected chi connectivity index (χ0v) is 21.2. The zero-order valence-electron chi connectivity index (χ0n) is 21.2. The molecule has 0 unspecified atom stereocenters. The summed E-state index contributed by atoms with van der Waals surface area (Å²) in [6.45, 7) is 5.16. The second-order valence-corrected chi connectivity index (χ2v) is 9.32. The predicted molar refractivity (Wildman–Crippen MR) is 137 cm³/mol. The van der Waals surface area contributed by atoms with Gasteiger partial charge in [0.25, 0.3) is 0 Å². The van der Waals surface area contributed by atoms with Gasteiger partial charge in [-0.25, -0.2) is 19.3 Å². The number of hydrogen-bond donors (Lipinski definition) is 3. The molecular weight excluding hydrogens is 491 g/mol. The number of hydrogen-bond acceptors (Lipinski definition) is 8. The Morgan fingerprint density at radius 2 is 1.95 bits per heavy atom. The van der Waals surface area contributed by atoms with Gasteiger partial charge in [0.05, 0.1) is 48.5 Å². The van der Waals surface area contributed by atoms with E-state index in [1.165, 1.54) is 12.1 Å². The van der Waals surface area contributed by atoms with Gasteiger partial charge >= 0.3 is 0 Å². The third-order valence-electron chi connectivity index (χ3n) is 6.17. The normalized spacial score (nSPS) is 19.3. The lowest BCUT2D eigenvalue weighted by molar-refractivity contribution is -0.231. The van der Waals surface area contributed by atoms with E-state index in [1.54, 1.807) is 30.7 Å². The molecule has 1 aliphatic rings. The molecule has 11 heteroatoms. The zero-order chi connectivity index (χ0) is 26.5. The lowest BCUT2D eigenvalue weighted by Crippen LogP contribution is -2.48. The summed E-state index contributed by atoms with van der Waals surface area (Å²) in [6, 6.07) is 11.5. The van der Waals surface area contributed by atoms with Gasteiger partial charge in [0, 0.05) is 18.3 Å². The van der Waals surface area contributed by atoms with E-state index in [0.717, 1.165) is 12.2 Å². The molecule has 3 aromatic heterocycles. The first-order valence-electron chi connectivity index (χ1n) is 12.4. The lowest BCUT2D eigenvalue weighted by atomic mass is 9.91. The van der Waals surface area contributed by atoms with Crippen LogP contribution in [0.25, 0.3) is 22.6 Å². The minimum Gasteiger partial charge on any atom is -0.467 e. The standard InChI is InChI=1S/C27H29FN6O4/c1-3-11-29-25(35)27(2)15-37-24(38-16-27)23-33-21(17-6-8-18(28)9-7-17)22(34-23)20-10-12-30-26(32-20)31-14-19-5-4-13-36-19/h4-10,12-13,24H,3,11,14-16H2,1-2H3,(H,29,35)(H,33,34)(H,30,31,32). The number of ether oxygens (including phenoxy) is 2. The summed E-state index contributed by atoms with van der Waals surface area (Å²) in [4.78, 5) is 29.5. The van der Waals surface area contributed by atoms with E-state index < -0.39 is 11.7 Å². The molecule has 1 saturated heterocycles. The van der Waals surface area contributed by atoms with Crippen molar-refractivity contribution in [1.29, 1.82) is 0 Å². The maximum absolute atomic E-state index is 13.7. The smallest absolute Gasteiger partial charge is 0.230 e. The number of imidazole rings is 1. The van der Waals surface area contributed by atoms with E-state index in [-0.39, 0.29) is 24.9 Å². The Labute approximate surface area is 219 Å². The van der Waals surface area contributed by atoms with Gasteiger partial charge in [-0.1, -0.05) is 6.92 Å². The molecule has 38 heavy (non-hydrogen) atoms. The molecule has 1 aliphatic heterocycles. The van der Waals surface area contributed by atoms with Gasteiger partial charge in [-0.2, -0.15) is 0 Å². The number of amides is 1. The number of furan rings is 1. The fraction of sp³-hybridized carbons (Fsp3) is 0.333. The fourth-order valence-corrected chi connectivity index (χ4v) is 4.02. The van der Waals surface area contributed by atoms with Crippen molar-refractivity contribution in [2.24, 2.45) is 5.41 Å². The van der Waals surface area contributed by atoms with Crippen LogP contribution in [-0.2, 0) is 20.8 Å². The molecular formula is C27H29FN6O4. The molecule has 0 radical (unpaired) electrons. The number of rotatable bonds is 9. The Balaban J connectivity index is 1.41. The topological polar surface area (TPSA) is 127 Å². The van der Waals surface area contributed by atoms with Crippen LogP contribution in [0.15, 0.2) is 59.3 Å². The van der Waals surface area contributed by atoms with Crippen LogP contribution in [0.2, 0.25) is 0 Å². The number of halogens is 1. The second-order valence-electron chi connectivity index (χ2n) is 9.32. The van der Waals surface area contributed by atoms with Crippen molar-refractivity contribution < 1.29 is 23.1 Å². The van der Waals surface area contributed by atoms with Gasteiger partial charge in [-0.15, -0.1) is 0 Å². The van der Waals surface area contributed by atoms with E-state index in [2.05, 4.69) is 25.6 Å². The Hall–Kier alpha value is -4.09. The number of anilines is 1. The highest BCUT2D eigenvalue weighted by atomic mass is 19.1. The molecule has 1 aromatic carbocycles. The maximum Gasteiger partial charge on any atom is 0.230 e. The highest BCUT2D eigenvalue weighted by Gasteiger charge is 2.40. The van der Waals surface area contributed by atoms with Gasteiger partial charge in [-0.05, 0) is 55.8 Å². The Morgan fingerprint density at radius 3 is 2.66 bits per heavy atom. The van der Waals surface area contributed by atoms with Gasteiger partial charge in [0.1, 0.15) is 11.6 Å². The quantitative estimate of drug-likeness (QED) is 0.295. The third kappa shape index (κ3) is 5.58. The van der Waals surface area contributed by atoms with Gasteiger partial charge in [-0.3, -0.25) is 4.79 Å². The van der Waals surface area contributed by atoms with Crippen LogP contribution in [-0.4, -0.2) is 45.6 Å². The first kappa shape index (κ1) is 25.6. The SMILES string of the molecule is CCCNC(=O)C1(C)COC(c2nc(-c3ccc(F)cc3)c(-c3ccnc(NCc4ccco4)n3)[nH]2)OC1. The van der Waals surface area contributed by atoms with Gasteiger partial charge in [0.2, 0.25) is 18.1 Å². The number of benzene rings is 1. The number of nitrogens with one attached hydrogen (secondary N) is 3. The first-order valence-corrected chi connectivity index (χ1v) is 12.4. The van der Waals surface area contributed by atoms with Crippen LogP contribution in [0.1, 0.15) is 38.1 Å². The summed E-state index contributed by atoms with van der Waals surface area (Å²) in [7, 11) is 0. The summed E-state index contributed by atoms with van der Waals surface area (Å²) in [6.07, 6.45) is 3.27. The minimum atomic E-state index is -0.812. The molecule has 0 spiro atoms. The second kappa shape index (κ2) is 11.1. The van der Waals surface area contributed by atoms with Crippen molar-refractivity contribution in [2.45, 2.75) is 33.1 Å². The van der Waals surface area contributed by atoms with Crippen LogP contribution in [0, 0.1) is 11.2 Å². The fourth-order valence-electron chi connectivity index (χ4n) is 4.02. The molecule has 1 fully saturated rings. The molecule has 10 nitrogen and oxygen atoms in total. The highest BCUT2D eigenvalue weighted by Crippen LogP contribution is 2.35. The van der Waals surface area contributed by atoms with E-state index in [0.29, 0.717) is 47.5 Å².